The van der Waals surface area contributed by atoms with Gasteiger partial charge in [-0.3, -0.25) is 4.72 Å². The van der Waals surface area contributed by atoms with Crippen molar-refractivity contribution in [3.8, 4) is 11.3 Å². The molecule has 0 saturated carbocycles. The van der Waals surface area contributed by atoms with Crippen LogP contribution in [0.2, 0.25) is 0 Å². The van der Waals surface area contributed by atoms with E-state index in [4.69, 9.17) is 0 Å². The topological polar surface area (TPSA) is 106 Å². The second kappa shape index (κ2) is 7.69. The second-order valence-corrected chi connectivity index (χ2v) is 10.1. The Hall–Kier alpha value is -2.78. The van der Waals surface area contributed by atoms with Crippen LogP contribution in [0.15, 0.2) is 70.6 Å². The number of aryl methyl sites for hydroxylation is 1. The molecule has 0 spiro atoms. The minimum atomic E-state index is -3.68. The highest BCUT2D eigenvalue weighted by atomic mass is 32.2. The van der Waals surface area contributed by atoms with Gasteiger partial charge in [0.2, 0.25) is 0 Å². The van der Waals surface area contributed by atoms with E-state index in [1.165, 1.54) is 6.07 Å². The normalized spacial score (nSPS) is 11.9. The zero-order valence-electron chi connectivity index (χ0n) is 15.3. The van der Waals surface area contributed by atoms with Crippen LogP contribution in [-0.4, -0.2) is 32.8 Å². The first-order valence-electron chi connectivity index (χ1n) is 8.48. The Morgan fingerprint density at radius 2 is 1.46 bits per heavy atom. The van der Waals surface area contributed by atoms with E-state index >= 15 is 0 Å². The molecule has 3 aromatic rings. The summed E-state index contributed by atoms with van der Waals surface area (Å²) >= 11 is 0. The van der Waals surface area contributed by atoms with E-state index in [0.717, 1.165) is 5.56 Å². The summed E-state index contributed by atoms with van der Waals surface area (Å²) in [6.45, 7) is 3.43. The molecule has 7 nitrogen and oxygen atoms in total. The van der Waals surface area contributed by atoms with Crippen molar-refractivity contribution in [2.45, 2.75) is 23.8 Å². The number of rotatable bonds is 6. The highest BCUT2D eigenvalue weighted by molar-refractivity contribution is 7.92. The lowest BCUT2D eigenvalue weighted by molar-refractivity contribution is 0.591. The van der Waals surface area contributed by atoms with Crippen molar-refractivity contribution in [3.05, 3.63) is 66.2 Å². The molecule has 1 heterocycles. The van der Waals surface area contributed by atoms with Gasteiger partial charge < -0.3 is 0 Å². The van der Waals surface area contributed by atoms with E-state index in [1.807, 2.05) is 6.92 Å². The van der Waals surface area contributed by atoms with Crippen LogP contribution in [0.25, 0.3) is 11.3 Å². The van der Waals surface area contributed by atoms with E-state index in [0.29, 0.717) is 16.9 Å². The van der Waals surface area contributed by atoms with Crippen LogP contribution in [0, 0.1) is 6.92 Å². The number of aromatic nitrogens is 2. The average Bonchev–Trinajstić information content (AvgIpc) is 2.69. The Bertz CT molecular complexity index is 1170. The lowest BCUT2D eigenvalue weighted by Crippen LogP contribution is -2.12. The van der Waals surface area contributed by atoms with Crippen molar-refractivity contribution in [2.75, 3.05) is 10.5 Å². The quantitative estimate of drug-likeness (QED) is 0.661. The molecule has 0 fully saturated rings. The molecule has 0 radical (unpaired) electrons. The number of sulfonamides is 1. The molecule has 1 N–H and O–H groups in total. The van der Waals surface area contributed by atoms with E-state index < -0.39 is 19.9 Å². The van der Waals surface area contributed by atoms with Gasteiger partial charge in [-0.1, -0.05) is 36.8 Å². The van der Waals surface area contributed by atoms with Crippen LogP contribution in [0.1, 0.15) is 12.5 Å². The molecule has 0 aliphatic carbocycles. The number of anilines is 1. The van der Waals surface area contributed by atoms with E-state index in [1.54, 1.807) is 61.5 Å². The summed E-state index contributed by atoms with van der Waals surface area (Å²) in [5, 5.41) is 7.66. The van der Waals surface area contributed by atoms with E-state index in [9.17, 15) is 16.8 Å². The van der Waals surface area contributed by atoms with Crippen LogP contribution in [0.4, 0.5) is 5.69 Å². The van der Waals surface area contributed by atoms with Gasteiger partial charge in [-0.2, -0.15) is 0 Å². The SMILES string of the molecule is CCS(=O)(=O)c1ccc(-c2ccc(NS(=O)(=O)c3ccc(C)cc3)cc2)nn1. The highest BCUT2D eigenvalue weighted by Crippen LogP contribution is 2.22. The van der Waals surface area contributed by atoms with Gasteiger partial charge in [0.15, 0.2) is 14.9 Å². The maximum absolute atomic E-state index is 12.4. The standard InChI is InChI=1S/C19H19N3O4S2/c1-3-27(23,24)19-13-12-18(20-21-19)15-6-8-16(9-7-15)22-28(25,26)17-10-4-14(2)5-11-17/h4-13,22H,3H2,1-2H3. The van der Waals surface area contributed by atoms with Crippen LogP contribution in [0.3, 0.4) is 0 Å². The lowest BCUT2D eigenvalue weighted by Gasteiger charge is -2.09. The van der Waals surface area contributed by atoms with E-state index in [-0.39, 0.29) is 15.7 Å². The summed E-state index contributed by atoms with van der Waals surface area (Å²) in [7, 11) is -7.08. The molecule has 0 aliphatic rings. The molecule has 0 saturated heterocycles. The first-order chi connectivity index (χ1) is 13.2. The number of hydrogen-bond acceptors (Lipinski definition) is 6. The number of nitrogens with zero attached hydrogens (tertiary/aromatic N) is 2. The number of benzene rings is 2. The molecule has 0 unspecified atom stereocenters. The third kappa shape index (κ3) is 4.37. The predicted molar refractivity (Wildman–Crippen MR) is 107 cm³/mol. The molecule has 0 aliphatic heterocycles. The number of sulfone groups is 1. The van der Waals surface area contributed by atoms with Crippen LogP contribution in [-0.2, 0) is 19.9 Å². The summed E-state index contributed by atoms with van der Waals surface area (Å²) in [6, 6.07) is 16.1. The smallest absolute Gasteiger partial charge is 0.261 e. The molecule has 3 rings (SSSR count). The van der Waals surface area contributed by atoms with Gasteiger partial charge in [0.1, 0.15) is 0 Å². The molecule has 146 valence electrons. The van der Waals surface area contributed by atoms with Crippen molar-refractivity contribution < 1.29 is 16.8 Å². The summed E-state index contributed by atoms with van der Waals surface area (Å²) in [6.07, 6.45) is 0. The first kappa shape index (κ1) is 20.0. The van der Waals surface area contributed by atoms with Crippen LogP contribution >= 0.6 is 0 Å². The number of nitrogens with one attached hydrogen (secondary N) is 1. The van der Waals surface area contributed by atoms with Gasteiger partial charge in [0.25, 0.3) is 10.0 Å². The van der Waals surface area contributed by atoms with Crippen molar-refractivity contribution in [3.63, 3.8) is 0 Å². The molecule has 9 heteroatoms. The fourth-order valence-electron chi connectivity index (χ4n) is 2.43. The fourth-order valence-corrected chi connectivity index (χ4v) is 4.22. The van der Waals surface area contributed by atoms with Gasteiger partial charge in [0.05, 0.1) is 16.3 Å². The third-order valence-corrected chi connectivity index (χ3v) is 7.12. The monoisotopic (exact) mass is 417 g/mol. The fraction of sp³-hybridized carbons (Fsp3) is 0.158. The molecule has 1 aromatic heterocycles. The minimum absolute atomic E-state index is 0.0448. The molecule has 2 aromatic carbocycles. The van der Waals surface area contributed by atoms with Gasteiger partial charge in [0, 0.05) is 11.3 Å². The Labute approximate surface area is 164 Å². The Morgan fingerprint density at radius 3 is 2.00 bits per heavy atom. The van der Waals surface area contributed by atoms with Crippen molar-refractivity contribution in [2.24, 2.45) is 0 Å². The Balaban J connectivity index is 1.79. The largest absolute Gasteiger partial charge is 0.280 e. The van der Waals surface area contributed by atoms with Crippen molar-refractivity contribution >= 4 is 25.5 Å². The van der Waals surface area contributed by atoms with Gasteiger partial charge >= 0.3 is 0 Å². The first-order valence-corrected chi connectivity index (χ1v) is 11.6. The minimum Gasteiger partial charge on any atom is -0.280 e. The average molecular weight is 418 g/mol. The highest BCUT2D eigenvalue weighted by Gasteiger charge is 2.15. The van der Waals surface area contributed by atoms with E-state index in [2.05, 4.69) is 14.9 Å². The molecule has 0 atom stereocenters. The summed E-state index contributed by atoms with van der Waals surface area (Å²) in [4.78, 5) is 0.181. The molecule has 28 heavy (non-hydrogen) atoms. The third-order valence-electron chi connectivity index (χ3n) is 4.10. The molecular weight excluding hydrogens is 398 g/mol. The van der Waals surface area contributed by atoms with Gasteiger partial charge in [-0.15, -0.1) is 10.2 Å². The maximum atomic E-state index is 12.4. The van der Waals surface area contributed by atoms with Crippen molar-refractivity contribution in [1.29, 1.82) is 0 Å². The summed E-state index contributed by atoms with van der Waals surface area (Å²) in [5.74, 6) is -0.0448. The summed E-state index contributed by atoms with van der Waals surface area (Å²) < 4.78 is 51.0. The van der Waals surface area contributed by atoms with Crippen LogP contribution < -0.4 is 4.72 Å². The zero-order valence-corrected chi connectivity index (χ0v) is 17.0. The predicted octanol–water partition coefficient (Wildman–Crippen LogP) is 3.05. The molecule has 0 bridgehead atoms. The maximum Gasteiger partial charge on any atom is 0.261 e. The summed E-state index contributed by atoms with van der Waals surface area (Å²) in [5.41, 5.74) is 2.55. The molecule has 0 amide bonds. The molecular formula is C19H19N3O4S2. The second-order valence-electron chi connectivity index (χ2n) is 6.16. The Kier molecular flexibility index (Phi) is 5.48. The van der Waals surface area contributed by atoms with Crippen LogP contribution in [0.5, 0.6) is 0 Å². The number of hydrogen-bond donors (Lipinski definition) is 1. The zero-order chi connectivity index (χ0) is 20.4. The Morgan fingerprint density at radius 1 is 0.821 bits per heavy atom. The van der Waals surface area contributed by atoms with Gasteiger partial charge in [-0.05, 0) is 43.3 Å². The van der Waals surface area contributed by atoms with Gasteiger partial charge in [-0.25, -0.2) is 16.8 Å². The lowest BCUT2D eigenvalue weighted by atomic mass is 10.1. The van der Waals surface area contributed by atoms with Crippen molar-refractivity contribution in [1.82, 2.24) is 10.2 Å².